The van der Waals surface area contributed by atoms with Gasteiger partial charge in [-0.15, -0.1) is 0 Å². The van der Waals surface area contributed by atoms with Gasteiger partial charge in [-0.05, 0) is 60.4 Å². The van der Waals surface area contributed by atoms with Gasteiger partial charge in [0.1, 0.15) is 0 Å². The van der Waals surface area contributed by atoms with Crippen LogP contribution in [0.5, 0.6) is 0 Å². The van der Waals surface area contributed by atoms with E-state index in [1.54, 1.807) is 24.3 Å². The number of amides is 3. The molecule has 1 fully saturated rings. The van der Waals surface area contributed by atoms with Crippen LogP contribution in [0.4, 0.5) is 10.5 Å². The summed E-state index contributed by atoms with van der Waals surface area (Å²) in [5.41, 5.74) is 2.16. The summed E-state index contributed by atoms with van der Waals surface area (Å²) < 4.78 is 0. The van der Waals surface area contributed by atoms with Gasteiger partial charge in [-0.3, -0.25) is 4.79 Å². The lowest BCUT2D eigenvalue weighted by Crippen LogP contribution is -2.30. The lowest BCUT2D eigenvalue weighted by molar-refractivity contribution is 0.0940. The summed E-state index contributed by atoms with van der Waals surface area (Å²) >= 11 is 0. The summed E-state index contributed by atoms with van der Waals surface area (Å²) in [5.74, 6) is -0.174. The Balaban J connectivity index is 1.43. The molecule has 5 heteroatoms. The second-order valence-electron chi connectivity index (χ2n) is 7.26. The fourth-order valence-corrected chi connectivity index (χ4v) is 3.16. The third-order valence-electron chi connectivity index (χ3n) is 4.92. The van der Waals surface area contributed by atoms with Crippen LogP contribution < -0.4 is 16.0 Å². The molecule has 1 saturated carbocycles. The number of urea groups is 1. The predicted molar refractivity (Wildman–Crippen MR) is 111 cm³/mol. The van der Waals surface area contributed by atoms with E-state index < -0.39 is 0 Å². The Labute approximate surface area is 164 Å². The van der Waals surface area contributed by atoms with Crippen molar-refractivity contribution in [2.75, 3.05) is 5.32 Å². The van der Waals surface area contributed by atoms with Crippen LogP contribution >= 0.6 is 0 Å². The number of anilines is 1. The second-order valence-corrected chi connectivity index (χ2v) is 7.26. The number of rotatable bonds is 5. The number of carbonyl (C=O) groups excluding carboxylic acids is 2. The van der Waals surface area contributed by atoms with Crippen LogP contribution in [0.25, 0.3) is 10.8 Å². The molecule has 0 radical (unpaired) electrons. The molecule has 0 heterocycles. The van der Waals surface area contributed by atoms with Gasteiger partial charge in [0.05, 0.1) is 6.04 Å². The van der Waals surface area contributed by atoms with Gasteiger partial charge in [0.15, 0.2) is 0 Å². The van der Waals surface area contributed by atoms with Gasteiger partial charge in [0, 0.05) is 17.3 Å². The third-order valence-corrected chi connectivity index (χ3v) is 4.92. The highest BCUT2D eigenvalue weighted by molar-refractivity contribution is 5.97. The van der Waals surface area contributed by atoms with Crippen LogP contribution in [0, 0.1) is 0 Å². The van der Waals surface area contributed by atoms with E-state index in [4.69, 9.17) is 0 Å². The molecule has 0 spiro atoms. The van der Waals surface area contributed by atoms with Crippen molar-refractivity contribution in [1.29, 1.82) is 0 Å². The largest absolute Gasteiger partial charge is 0.346 e. The van der Waals surface area contributed by atoms with Crippen LogP contribution in [0.2, 0.25) is 0 Å². The zero-order chi connectivity index (χ0) is 19.5. The van der Waals surface area contributed by atoms with Crippen LogP contribution in [0.3, 0.4) is 0 Å². The average molecular weight is 373 g/mol. The van der Waals surface area contributed by atoms with E-state index in [2.05, 4.69) is 40.2 Å². The molecule has 0 saturated heterocycles. The molecule has 1 aliphatic carbocycles. The summed E-state index contributed by atoms with van der Waals surface area (Å²) in [6.07, 6.45) is 2.06. The van der Waals surface area contributed by atoms with Crippen molar-refractivity contribution in [3.8, 4) is 0 Å². The van der Waals surface area contributed by atoms with Crippen LogP contribution in [0.15, 0.2) is 66.7 Å². The smallest absolute Gasteiger partial charge is 0.319 e. The first-order chi connectivity index (χ1) is 13.6. The number of benzene rings is 3. The molecule has 28 heavy (non-hydrogen) atoms. The SMILES string of the molecule is CC(NC(=O)c1cccc(NC(=O)NC2CC2)c1)c1ccc2ccccc2c1. The Morgan fingerprint density at radius 2 is 1.71 bits per heavy atom. The maximum absolute atomic E-state index is 12.7. The lowest BCUT2D eigenvalue weighted by atomic mass is 10.0. The van der Waals surface area contributed by atoms with Gasteiger partial charge >= 0.3 is 6.03 Å². The number of carbonyl (C=O) groups is 2. The van der Waals surface area contributed by atoms with Gasteiger partial charge in [-0.1, -0.05) is 42.5 Å². The zero-order valence-electron chi connectivity index (χ0n) is 15.7. The summed E-state index contributed by atoms with van der Waals surface area (Å²) in [6.45, 7) is 1.97. The monoisotopic (exact) mass is 373 g/mol. The van der Waals surface area contributed by atoms with Crippen molar-refractivity contribution in [2.24, 2.45) is 0 Å². The van der Waals surface area contributed by atoms with Crippen LogP contribution in [0.1, 0.15) is 41.7 Å². The number of nitrogens with one attached hydrogen (secondary N) is 3. The zero-order valence-corrected chi connectivity index (χ0v) is 15.7. The van der Waals surface area contributed by atoms with Gasteiger partial charge in [0.25, 0.3) is 5.91 Å². The number of fused-ring (bicyclic) bond motifs is 1. The fourth-order valence-electron chi connectivity index (χ4n) is 3.16. The van der Waals surface area contributed by atoms with Crippen molar-refractivity contribution in [3.05, 3.63) is 77.9 Å². The van der Waals surface area contributed by atoms with E-state index in [1.165, 1.54) is 5.39 Å². The summed E-state index contributed by atoms with van der Waals surface area (Å²) in [4.78, 5) is 24.6. The molecule has 3 aromatic rings. The summed E-state index contributed by atoms with van der Waals surface area (Å²) in [5, 5.41) is 11.0. The molecule has 0 bridgehead atoms. The van der Waals surface area contributed by atoms with E-state index in [0.717, 1.165) is 23.8 Å². The minimum absolute atomic E-state index is 0.133. The van der Waals surface area contributed by atoms with Crippen molar-refractivity contribution < 1.29 is 9.59 Å². The molecule has 0 aromatic heterocycles. The molecule has 0 aliphatic heterocycles. The molecular formula is C23H23N3O2. The van der Waals surface area contributed by atoms with Crippen molar-refractivity contribution in [1.82, 2.24) is 10.6 Å². The Bertz CT molecular complexity index is 1030. The Kier molecular flexibility index (Phi) is 4.98. The normalized spacial score (nSPS) is 14.3. The van der Waals surface area contributed by atoms with E-state index in [1.807, 2.05) is 25.1 Å². The average Bonchev–Trinajstić information content (AvgIpc) is 3.51. The summed E-state index contributed by atoms with van der Waals surface area (Å²) in [6, 6.07) is 21.2. The highest BCUT2D eigenvalue weighted by Gasteiger charge is 2.23. The molecule has 4 rings (SSSR count). The highest BCUT2D eigenvalue weighted by atomic mass is 16.2. The molecule has 3 aromatic carbocycles. The Morgan fingerprint density at radius 3 is 2.50 bits per heavy atom. The standard InChI is InChI=1S/C23H23N3O2/c1-15(17-10-9-16-5-2-3-6-18(16)13-17)24-22(27)19-7-4-8-21(14-19)26-23(28)25-20-11-12-20/h2-10,13-15,20H,11-12H2,1H3,(H,24,27)(H2,25,26,28). The maximum atomic E-state index is 12.7. The van der Waals surface area contributed by atoms with Gasteiger partial charge in [-0.25, -0.2) is 4.79 Å². The first kappa shape index (κ1) is 18.0. The van der Waals surface area contributed by atoms with E-state index in [9.17, 15) is 9.59 Å². The molecule has 3 amide bonds. The minimum Gasteiger partial charge on any atom is -0.346 e. The van der Waals surface area contributed by atoms with Gasteiger partial charge in [0.2, 0.25) is 0 Å². The van der Waals surface area contributed by atoms with Crippen molar-refractivity contribution in [2.45, 2.75) is 31.8 Å². The van der Waals surface area contributed by atoms with Crippen LogP contribution in [-0.2, 0) is 0 Å². The lowest BCUT2D eigenvalue weighted by Gasteiger charge is -2.16. The van der Waals surface area contributed by atoms with E-state index in [0.29, 0.717) is 11.3 Å². The predicted octanol–water partition coefficient (Wildman–Crippen LogP) is 4.61. The molecular weight excluding hydrogens is 350 g/mol. The van der Waals surface area contributed by atoms with E-state index in [-0.39, 0.29) is 24.0 Å². The van der Waals surface area contributed by atoms with Crippen molar-refractivity contribution >= 4 is 28.4 Å². The van der Waals surface area contributed by atoms with Crippen LogP contribution in [-0.4, -0.2) is 18.0 Å². The minimum atomic E-state index is -0.232. The van der Waals surface area contributed by atoms with Gasteiger partial charge in [-0.2, -0.15) is 0 Å². The number of hydrogen-bond acceptors (Lipinski definition) is 2. The Hall–Kier alpha value is -3.34. The quantitative estimate of drug-likeness (QED) is 0.611. The molecule has 142 valence electrons. The fraction of sp³-hybridized carbons (Fsp3) is 0.217. The molecule has 1 atom stereocenters. The molecule has 3 N–H and O–H groups in total. The first-order valence-corrected chi connectivity index (χ1v) is 9.55. The molecule has 1 aliphatic rings. The number of hydrogen-bond donors (Lipinski definition) is 3. The van der Waals surface area contributed by atoms with E-state index >= 15 is 0 Å². The summed E-state index contributed by atoms with van der Waals surface area (Å²) in [7, 11) is 0. The van der Waals surface area contributed by atoms with Gasteiger partial charge < -0.3 is 16.0 Å². The molecule has 5 nitrogen and oxygen atoms in total. The maximum Gasteiger partial charge on any atom is 0.319 e. The first-order valence-electron chi connectivity index (χ1n) is 9.55. The third kappa shape index (κ3) is 4.31. The van der Waals surface area contributed by atoms with Crippen molar-refractivity contribution in [3.63, 3.8) is 0 Å². The molecule has 1 unspecified atom stereocenters. The second kappa shape index (κ2) is 7.72. The Morgan fingerprint density at radius 1 is 0.929 bits per heavy atom. The topological polar surface area (TPSA) is 70.2 Å². The highest BCUT2D eigenvalue weighted by Crippen LogP contribution is 2.21.